The molecule has 0 aliphatic carbocycles. The highest BCUT2D eigenvalue weighted by molar-refractivity contribution is 5.61. The lowest BCUT2D eigenvalue weighted by Crippen LogP contribution is -2.24. The molecular weight excluding hydrogens is 228 g/mol. The van der Waals surface area contributed by atoms with E-state index >= 15 is 0 Å². The summed E-state index contributed by atoms with van der Waals surface area (Å²) in [6, 6.07) is 7.96. The van der Waals surface area contributed by atoms with Crippen LogP contribution in [0.4, 0.5) is 5.69 Å². The van der Waals surface area contributed by atoms with Crippen LogP contribution in [0.2, 0.25) is 0 Å². The minimum absolute atomic E-state index is 0.0194. The fourth-order valence-electron chi connectivity index (χ4n) is 1.79. The minimum atomic E-state index is 0.0194. The van der Waals surface area contributed by atoms with Gasteiger partial charge in [-0.1, -0.05) is 6.92 Å². The number of ether oxygens (including phenoxy) is 2. The first-order chi connectivity index (χ1) is 8.65. The van der Waals surface area contributed by atoms with Gasteiger partial charge in [-0.05, 0) is 18.6 Å². The van der Waals surface area contributed by atoms with Gasteiger partial charge in [-0.3, -0.25) is 0 Å². The molecule has 0 heterocycles. The van der Waals surface area contributed by atoms with Gasteiger partial charge in [0, 0.05) is 19.7 Å². The van der Waals surface area contributed by atoms with Gasteiger partial charge in [-0.15, -0.1) is 0 Å². The molecule has 0 aliphatic heterocycles. The molecule has 1 aromatic rings. The van der Waals surface area contributed by atoms with Gasteiger partial charge in [0.15, 0.2) is 0 Å². The van der Waals surface area contributed by atoms with Crippen molar-refractivity contribution in [1.82, 2.24) is 0 Å². The normalized spacial score (nSPS) is 11.5. The molecule has 0 aliphatic rings. The van der Waals surface area contributed by atoms with E-state index in [0.717, 1.165) is 23.6 Å². The summed E-state index contributed by atoms with van der Waals surface area (Å²) in [6.07, 6.45) is 0.840. The van der Waals surface area contributed by atoms with E-state index in [-0.39, 0.29) is 5.92 Å². The summed E-state index contributed by atoms with van der Waals surface area (Å²) in [5, 5.41) is 9.02. The zero-order chi connectivity index (χ0) is 13.5. The van der Waals surface area contributed by atoms with Crippen LogP contribution in [0.15, 0.2) is 18.2 Å². The van der Waals surface area contributed by atoms with Crippen molar-refractivity contribution in [3.8, 4) is 17.6 Å². The van der Waals surface area contributed by atoms with Crippen LogP contribution in [-0.2, 0) is 0 Å². The Bertz CT molecular complexity index is 426. The van der Waals surface area contributed by atoms with Gasteiger partial charge in [-0.2, -0.15) is 5.26 Å². The van der Waals surface area contributed by atoms with Gasteiger partial charge in [0.05, 0.1) is 31.9 Å². The Balaban J connectivity index is 2.95. The molecule has 0 fully saturated rings. The second-order valence-electron chi connectivity index (χ2n) is 4.15. The predicted molar refractivity (Wildman–Crippen MR) is 72.2 cm³/mol. The molecule has 0 bridgehead atoms. The summed E-state index contributed by atoms with van der Waals surface area (Å²) in [6.45, 7) is 2.70. The third kappa shape index (κ3) is 3.30. The molecule has 4 nitrogen and oxygen atoms in total. The van der Waals surface area contributed by atoms with Crippen molar-refractivity contribution in [1.29, 1.82) is 5.26 Å². The first-order valence-electron chi connectivity index (χ1n) is 5.99. The lowest BCUT2D eigenvalue weighted by atomic mass is 10.1. The van der Waals surface area contributed by atoms with Crippen molar-refractivity contribution >= 4 is 5.69 Å². The van der Waals surface area contributed by atoms with Gasteiger partial charge in [0.25, 0.3) is 0 Å². The number of rotatable bonds is 6. The zero-order valence-electron chi connectivity index (χ0n) is 11.4. The molecule has 0 spiro atoms. The van der Waals surface area contributed by atoms with E-state index in [1.165, 1.54) is 0 Å². The highest BCUT2D eigenvalue weighted by Gasteiger charge is 2.13. The first kappa shape index (κ1) is 14.2. The smallest absolute Gasteiger partial charge is 0.142 e. The average molecular weight is 248 g/mol. The fraction of sp³-hybridized carbons (Fsp3) is 0.500. The number of nitriles is 1. The van der Waals surface area contributed by atoms with Crippen LogP contribution < -0.4 is 14.4 Å². The number of benzene rings is 1. The van der Waals surface area contributed by atoms with Crippen LogP contribution in [-0.4, -0.2) is 27.8 Å². The maximum absolute atomic E-state index is 9.02. The Morgan fingerprint density at radius 3 is 2.56 bits per heavy atom. The van der Waals surface area contributed by atoms with Crippen molar-refractivity contribution in [2.45, 2.75) is 13.3 Å². The summed E-state index contributed by atoms with van der Waals surface area (Å²) in [7, 11) is 5.23. The summed E-state index contributed by atoms with van der Waals surface area (Å²) in [5.74, 6) is 1.58. The van der Waals surface area contributed by atoms with Crippen LogP contribution in [0.5, 0.6) is 11.5 Å². The van der Waals surface area contributed by atoms with Crippen LogP contribution in [0, 0.1) is 17.2 Å². The number of nitrogens with zero attached hydrogens (tertiary/aromatic N) is 2. The molecule has 1 rings (SSSR count). The second kappa shape index (κ2) is 6.75. The molecule has 0 N–H and O–H groups in total. The summed E-state index contributed by atoms with van der Waals surface area (Å²) in [5.41, 5.74) is 0.936. The topological polar surface area (TPSA) is 45.5 Å². The Morgan fingerprint density at radius 1 is 1.33 bits per heavy atom. The van der Waals surface area contributed by atoms with E-state index in [0.29, 0.717) is 6.54 Å². The molecule has 4 heteroatoms. The molecule has 0 amide bonds. The maximum Gasteiger partial charge on any atom is 0.142 e. The molecule has 0 saturated heterocycles. The van der Waals surface area contributed by atoms with E-state index in [4.69, 9.17) is 14.7 Å². The molecule has 0 aromatic heterocycles. The first-order valence-corrected chi connectivity index (χ1v) is 5.99. The standard InChI is InChI=1S/C14H20N2O2/c1-5-11(9-15)10-16(2)13-8-12(17-3)6-7-14(13)18-4/h6-8,11H,5,10H2,1-4H3. The molecule has 18 heavy (non-hydrogen) atoms. The van der Waals surface area contributed by atoms with Gasteiger partial charge in [-0.25, -0.2) is 0 Å². The molecule has 1 aromatic carbocycles. The Morgan fingerprint density at radius 2 is 2.06 bits per heavy atom. The highest BCUT2D eigenvalue weighted by atomic mass is 16.5. The third-order valence-electron chi connectivity index (χ3n) is 2.97. The van der Waals surface area contributed by atoms with Crippen molar-refractivity contribution in [3.05, 3.63) is 18.2 Å². The van der Waals surface area contributed by atoms with E-state index in [9.17, 15) is 0 Å². The van der Waals surface area contributed by atoms with Crippen LogP contribution in [0.3, 0.4) is 0 Å². The largest absolute Gasteiger partial charge is 0.497 e. The summed E-state index contributed by atoms with van der Waals surface area (Å²) in [4.78, 5) is 2.03. The SMILES string of the molecule is CCC(C#N)CN(C)c1cc(OC)ccc1OC. The number of hydrogen-bond acceptors (Lipinski definition) is 4. The van der Waals surface area contributed by atoms with E-state index in [2.05, 4.69) is 6.07 Å². The quantitative estimate of drug-likeness (QED) is 0.776. The van der Waals surface area contributed by atoms with Crippen molar-refractivity contribution in [2.75, 3.05) is 32.7 Å². The molecular formula is C14H20N2O2. The Hall–Kier alpha value is -1.89. The van der Waals surface area contributed by atoms with Crippen LogP contribution in [0.1, 0.15) is 13.3 Å². The zero-order valence-corrected chi connectivity index (χ0v) is 11.4. The van der Waals surface area contributed by atoms with Crippen molar-refractivity contribution in [2.24, 2.45) is 5.92 Å². The minimum Gasteiger partial charge on any atom is -0.497 e. The van der Waals surface area contributed by atoms with Gasteiger partial charge >= 0.3 is 0 Å². The van der Waals surface area contributed by atoms with E-state index < -0.39 is 0 Å². The monoisotopic (exact) mass is 248 g/mol. The molecule has 0 radical (unpaired) electrons. The Kier molecular flexibility index (Phi) is 5.31. The van der Waals surface area contributed by atoms with Crippen LogP contribution in [0.25, 0.3) is 0 Å². The number of anilines is 1. The second-order valence-corrected chi connectivity index (χ2v) is 4.15. The summed E-state index contributed by atoms with van der Waals surface area (Å²) >= 11 is 0. The number of hydrogen-bond donors (Lipinski definition) is 0. The fourth-order valence-corrected chi connectivity index (χ4v) is 1.79. The highest BCUT2D eigenvalue weighted by Crippen LogP contribution is 2.32. The number of methoxy groups -OCH3 is 2. The van der Waals surface area contributed by atoms with Crippen molar-refractivity contribution in [3.63, 3.8) is 0 Å². The molecule has 1 atom stereocenters. The van der Waals surface area contributed by atoms with Crippen LogP contribution >= 0.6 is 0 Å². The van der Waals surface area contributed by atoms with Crippen molar-refractivity contribution < 1.29 is 9.47 Å². The predicted octanol–water partition coefficient (Wildman–Crippen LogP) is 2.69. The summed E-state index contributed by atoms with van der Waals surface area (Å²) < 4.78 is 10.5. The molecule has 1 unspecified atom stereocenters. The maximum atomic E-state index is 9.02. The lowest BCUT2D eigenvalue weighted by molar-refractivity contribution is 0.403. The van der Waals surface area contributed by atoms with E-state index in [1.807, 2.05) is 37.1 Å². The van der Waals surface area contributed by atoms with Gasteiger partial charge in [0.2, 0.25) is 0 Å². The lowest BCUT2D eigenvalue weighted by Gasteiger charge is -2.24. The molecule has 98 valence electrons. The Labute approximate surface area is 109 Å². The van der Waals surface area contributed by atoms with Gasteiger partial charge < -0.3 is 14.4 Å². The van der Waals surface area contributed by atoms with Gasteiger partial charge in [0.1, 0.15) is 11.5 Å². The third-order valence-corrected chi connectivity index (χ3v) is 2.97. The van der Waals surface area contributed by atoms with E-state index in [1.54, 1.807) is 14.2 Å². The average Bonchev–Trinajstić information content (AvgIpc) is 2.43. The molecule has 0 saturated carbocycles.